The number of H-pyrrole nitrogens is 1. The topological polar surface area (TPSA) is 62.8 Å². The van der Waals surface area contributed by atoms with Gasteiger partial charge in [0, 0.05) is 53.8 Å². The van der Waals surface area contributed by atoms with Crippen LogP contribution in [-0.2, 0) is 11.2 Å². The van der Waals surface area contributed by atoms with Gasteiger partial charge in [-0.15, -0.1) is 0 Å². The van der Waals surface area contributed by atoms with Crippen LogP contribution in [0, 0.1) is 0 Å². The van der Waals surface area contributed by atoms with Gasteiger partial charge in [0.15, 0.2) is 0 Å². The summed E-state index contributed by atoms with van der Waals surface area (Å²) < 4.78 is 1.05. The van der Waals surface area contributed by atoms with Gasteiger partial charge in [-0.2, -0.15) is 0 Å². The summed E-state index contributed by atoms with van der Waals surface area (Å²) in [4.78, 5) is 23.6. The van der Waals surface area contributed by atoms with Crippen molar-refractivity contribution in [1.82, 2.24) is 19.7 Å². The van der Waals surface area contributed by atoms with Crippen molar-refractivity contribution in [1.29, 1.82) is 0 Å². The van der Waals surface area contributed by atoms with E-state index in [0.29, 0.717) is 13.1 Å². The third-order valence-electron chi connectivity index (χ3n) is 6.55. The van der Waals surface area contributed by atoms with Crippen molar-refractivity contribution in [2.45, 2.75) is 12.5 Å². The summed E-state index contributed by atoms with van der Waals surface area (Å²) in [7, 11) is 2.12. The number of aromatic nitrogens is 1. The summed E-state index contributed by atoms with van der Waals surface area (Å²) in [6.45, 7) is 4.91. The first-order valence-corrected chi connectivity index (χ1v) is 11.6. The molecule has 0 radical (unpaired) electrons. The maximum atomic E-state index is 13.5. The minimum Gasteiger partial charge on any atom is -0.508 e. The van der Waals surface area contributed by atoms with E-state index in [9.17, 15) is 9.90 Å². The Labute approximate surface area is 190 Å². The average molecular weight is 483 g/mol. The first-order chi connectivity index (χ1) is 15.0. The van der Waals surface area contributed by atoms with E-state index in [0.717, 1.165) is 53.8 Å². The highest BCUT2D eigenvalue weighted by Gasteiger charge is 2.35. The molecular formula is C24H27BrN4O2. The zero-order chi connectivity index (χ0) is 21.5. The van der Waals surface area contributed by atoms with Crippen LogP contribution in [0.4, 0.5) is 0 Å². The highest BCUT2D eigenvalue weighted by molar-refractivity contribution is 9.10. The molecule has 2 aliphatic heterocycles. The molecule has 1 fully saturated rings. The number of phenolic OH excluding ortho intramolecular Hbond substituents is 1. The monoisotopic (exact) mass is 482 g/mol. The number of fused-ring (bicyclic) bond motifs is 3. The zero-order valence-corrected chi connectivity index (χ0v) is 19.2. The Morgan fingerprint density at radius 1 is 1.13 bits per heavy atom. The third kappa shape index (κ3) is 3.97. The van der Waals surface area contributed by atoms with Gasteiger partial charge in [0.2, 0.25) is 5.91 Å². The van der Waals surface area contributed by atoms with Crippen molar-refractivity contribution in [3.05, 3.63) is 63.8 Å². The molecule has 1 atom stereocenters. The van der Waals surface area contributed by atoms with Crippen LogP contribution in [0.1, 0.15) is 22.9 Å². The Morgan fingerprint density at radius 3 is 2.71 bits per heavy atom. The van der Waals surface area contributed by atoms with E-state index < -0.39 is 0 Å². The number of nitrogens with zero attached hydrogens (tertiary/aromatic N) is 3. The van der Waals surface area contributed by atoms with E-state index in [2.05, 4.69) is 49.9 Å². The van der Waals surface area contributed by atoms with Crippen molar-refractivity contribution >= 4 is 32.7 Å². The molecule has 6 nitrogen and oxygen atoms in total. The van der Waals surface area contributed by atoms with Gasteiger partial charge in [0.25, 0.3) is 0 Å². The van der Waals surface area contributed by atoms with Crippen LogP contribution in [0.25, 0.3) is 10.9 Å². The molecule has 1 aromatic heterocycles. The van der Waals surface area contributed by atoms with Gasteiger partial charge in [-0.05, 0) is 54.9 Å². The van der Waals surface area contributed by atoms with Gasteiger partial charge in [-0.3, -0.25) is 9.69 Å². The number of amides is 1. The molecule has 0 aliphatic carbocycles. The average Bonchev–Trinajstić information content (AvgIpc) is 3.12. The number of phenols is 1. The summed E-state index contributed by atoms with van der Waals surface area (Å²) >= 11 is 3.59. The number of carbonyl (C=O) groups is 1. The number of rotatable bonds is 3. The minimum absolute atomic E-state index is 0.142. The van der Waals surface area contributed by atoms with Gasteiger partial charge in [-0.25, -0.2) is 0 Å². The molecule has 0 spiro atoms. The number of carbonyl (C=O) groups excluding carboxylic acids is 1. The predicted molar refractivity (Wildman–Crippen MR) is 125 cm³/mol. The van der Waals surface area contributed by atoms with Crippen LogP contribution in [0.3, 0.4) is 0 Å². The largest absolute Gasteiger partial charge is 0.508 e. The summed E-state index contributed by atoms with van der Waals surface area (Å²) in [5.74, 6) is 0.360. The number of halogens is 1. The molecule has 31 heavy (non-hydrogen) atoms. The van der Waals surface area contributed by atoms with Crippen LogP contribution >= 0.6 is 15.9 Å². The molecule has 1 amide bonds. The lowest BCUT2D eigenvalue weighted by Gasteiger charge is -2.38. The number of benzene rings is 2. The van der Waals surface area contributed by atoms with Crippen LogP contribution < -0.4 is 0 Å². The SMILES string of the molecule is CN1CCN(CC(=O)N2CCc3c([nH]c4ccc(Br)cc34)C2c2cccc(O)c2)CC1. The highest BCUT2D eigenvalue weighted by atomic mass is 79.9. The Balaban J connectivity index is 1.52. The van der Waals surface area contributed by atoms with Gasteiger partial charge in [0.05, 0.1) is 12.6 Å². The summed E-state index contributed by atoms with van der Waals surface area (Å²) in [5.41, 5.74) is 4.31. The molecule has 0 saturated carbocycles. The van der Waals surface area contributed by atoms with E-state index in [4.69, 9.17) is 0 Å². The Kier molecular flexibility index (Phi) is 5.50. The molecular weight excluding hydrogens is 456 g/mol. The standard InChI is InChI=1S/C24H27BrN4O2/c1-27-9-11-28(12-10-27)15-22(31)29-8-7-19-20-14-17(25)5-6-21(20)26-23(19)24(29)16-3-2-4-18(30)13-16/h2-6,13-14,24,26,30H,7-12,15H2,1H3. The minimum atomic E-state index is -0.234. The lowest BCUT2D eigenvalue weighted by atomic mass is 9.92. The lowest BCUT2D eigenvalue weighted by molar-refractivity contribution is -0.135. The molecule has 3 heterocycles. The van der Waals surface area contributed by atoms with Crippen molar-refractivity contribution in [2.75, 3.05) is 46.3 Å². The Bertz CT molecular complexity index is 1120. The maximum Gasteiger partial charge on any atom is 0.237 e. The highest BCUT2D eigenvalue weighted by Crippen LogP contribution is 2.39. The lowest BCUT2D eigenvalue weighted by Crippen LogP contribution is -2.50. The second-order valence-electron chi connectivity index (χ2n) is 8.62. The molecule has 162 valence electrons. The Hall–Kier alpha value is -2.35. The number of likely N-dealkylation sites (N-methyl/N-ethyl adjacent to an activating group) is 1. The molecule has 5 rings (SSSR count). The molecule has 2 N–H and O–H groups in total. The first kappa shape index (κ1) is 20.5. The van der Waals surface area contributed by atoms with Crippen LogP contribution in [0.5, 0.6) is 5.75 Å². The van der Waals surface area contributed by atoms with E-state index in [1.54, 1.807) is 12.1 Å². The summed E-state index contributed by atoms with van der Waals surface area (Å²) in [5, 5.41) is 11.3. The smallest absolute Gasteiger partial charge is 0.237 e. The van der Waals surface area contributed by atoms with Crippen LogP contribution in [0.2, 0.25) is 0 Å². The van der Waals surface area contributed by atoms with E-state index in [-0.39, 0.29) is 17.7 Å². The van der Waals surface area contributed by atoms with E-state index >= 15 is 0 Å². The predicted octanol–water partition coefficient (Wildman–Crippen LogP) is 3.36. The van der Waals surface area contributed by atoms with Crippen molar-refractivity contribution in [3.63, 3.8) is 0 Å². The van der Waals surface area contributed by atoms with Gasteiger partial charge in [-0.1, -0.05) is 28.1 Å². The molecule has 1 unspecified atom stereocenters. The number of hydrogen-bond acceptors (Lipinski definition) is 4. The molecule has 2 aliphatic rings. The Morgan fingerprint density at radius 2 is 1.94 bits per heavy atom. The van der Waals surface area contributed by atoms with Crippen molar-refractivity contribution in [3.8, 4) is 5.75 Å². The number of aromatic amines is 1. The van der Waals surface area contributed by atoms with Gasteiger partial charge < -0.3 is 19.9 Å². The van der Waals surface area contributed by atoms with E-state index in [1.165, 1.54) is 10.9 Å². The van der Waals surface area contributed by atoms with Gasteiger partial charge in [0.1, 0.15) is 5.75 Å². The fourth-order valence-electron chi connectivity index (χ4n) is 4.86. The molecule has 3 aromatic rings. The number of piperazine rings is 1. The molecule has 2 aromatic carbocycles. The second-order valence-corrected chi connectivity index (χ2v) is 9.54. The second kappa shape index (κ2) is 8.30. The number of hydrogen-bond donors (Lipinski definition) is 2. The first-order valence-electron chi connectivity index (χ1n) is 10.8. The zero-order valence-electron chi connectivity index (χ0n) is 17.6. The molecule has 7 heteroatoms. The normalized spacial score (nSPS) is 20.2. The maximum absolute atomic E-state index is 13.5. The molecule has 1 saturated heterocycles. The van der Waals surface area contributed by atoms with E-state index in [1.807, 2.05) is 23.1 Å². The number of aromatic hydroxyl groups is 1. The van der Waals surface area contributed by atoms with Crippen LogP contribution in [0.15, 0.2) is 46.9 Å². The number of nitrogens with one attached hydrogen (secondary N) is 1. The van der Waals surface area contributed by atoms with Crippen LogP contribution in [-0.4, -0.2) is 77.0 Å². The van der Waals surface area contributed by atoms with Gasteiger partial charge >= 0.3 is 0 Å². The summed E-state index contributed by atoms with van der Waals surface area (Å²) in [6, 6.07) is 13.3. The quantitative estimate of drug-likeness (QED) is 0.600. The fraction of sp³-hybridized carbons (Fsp3) is 0.375. The summed E-state index contributed by atoms with van der Waals surface area (Å²) in [6.07, 6.45) is 0.815. The fourth-order valence-corrected chi connectivity index (χ4v) is 5.22. The molecule has 0 bridgehead atoms. The van der Waals surface area contributed by atoms with Crippen molar-refractivity contribution in [2.24, 2.45) is 0 Å². The van der Waals surface area contributed by atoms with Crippen molar-refractivity contribution < 1.29 is 9.90 Å². The third-order valence-corrected chi connectivity index (χ3v) is 7.04.